The van der Waals surface area contributed by atoms with Gasteiger partial charge in [-0.25, -0.2) is 0 Å². The quantitative estimate of drug-likeness (QED) is 0.548. The number of ether oxygens (including phenoxy) is 2. The molecule has 3 aromatic rings. The highest BCUT2D eigenvalue weighted by Crippen LogP contribution is 2.38. The molecule has 0 saturated carbocycles. The molecule has 0 aliphatic carbocycles. The first-order chi connectivity index (χ1) is 16.0. The molecule has 0 bridgehead atoms. The zero-order valence-corrected chi connectivity index (χ0v) is 19.4. The van der Waals surface area contributed by atoms with Crippen molar-refractivity contribution in [3.05, 3.63) is 83.9 Å². The first-order valence-corrected chi connectivity index (χ1v) is 11.4. The lowest BCUT2D eigenvalue weighted by Crippen LogP contribution is -2.48. The summed E-state index contributed by atoms with van der Waals surface area (Å²) in [5, 5.41) is 0. The van der Waals surface area contributed by atoms with Crippen LogP contribution in [0.4, 0.5) is 0 Å². The minimum Gasteiger partial charge on any atom is -0.497 e. The number of methoxy groups -OCH3 is 2. The minimum absolute atomic E-state index is 0.201. The number of amides is 1. The summed E-state index contributed by atoms with van der Waals surface area (Å²) in [6.45, 7) is 2.41. The molecule has 0 radical (unpaired) electrons. The Morgan fingerprint density at radius 1 is 0.909 bits per heavy atom. The normalized spacial score (nSPS) is 15.7. The Kier molecular flexibility index (Phi) is 6.99. The van der Waals surface area contributed by atoms with E-state index in [9.17, 15) is 4.79 Å². The first-order valence-electron chi connectivity index (χ1n) is 11.4. The maximum Gasteiger partial charge on any atom is 0.224 e. The molecule has 0 unspecified atom stereocenters. The molecule has 1 aliphatic heterocycles. The number of benzene rings is 3. The van der Waals surface area contributed by atoms with Gasteiger partial charge in [0, 0.05) is 12.6 Å². The van der Waals surface area contributed by atoms with Crippen molar-refractivity contribution >= 4 is 5.91 Å². The van der Waals surface area contributed by atoms with E-state index in [1.54, 1.807) is 14.2 Å². The van der Waals surface area contributed by atoms with Gasteiger partial charge in [0.05, 0.1) is 19.6 Å². The predicted molar refractivity (Wildman–Crippen MR) is 131 cm³/mol. The van der Waals surface area contributed by atoms with Crippen molar-refractivity contribution in [2.45, 2.75) is 25.8 Å². The van der Waals surface area contributed by atoms with Crippen LogP contribution in [0.3, 0.4) is 0 Å². The Morgan fingerprint density at radius 2 is 1.52 bits per heavy atom. The van der Waals surface area contributed by atoms with Gasteiger partial charge in [0.15, 0.2) is 0 Å². The second kappa shape index (κ2) is 10.1. The van der Waals surface area contributed by atoms with Gasteiger partial charge in [0.2, 0.25) is 5.91 Å². The molecule has 4 rings (SSSR count). The van der Waals surface area contributed by atoms with Crippen molar-refractivity contribution < 1.29 is 14.3 Å². The Balaban J connectivity index is 1.50. The molecule has 1 heterocycles. The smallest absolute Gasteiger partial charge is 0.224 e. The highest BCUT2D eigenvalue weighted by molar-refractivity contribution is 5.82. The predicted octanol–water partition coefficient (Wildman–Crippen LogP) is 4.68. The number of hydrogen-bond acceptors (Lipinski definition) is 4. The summed E-state index contributed by atoms with van der Waals surface area (Å²) in [5.74, 6) is 1.36. The Bertz CT molecular complexity index is 1070. The number of carbonyl (C=O) groups is 1. The molecule has 1 fully saturated rings. The fourth-order valence-corrected chi connectivity index (χ4v) is 4.80. The lowest BCUT2D eigenvalue weighted by Gasteiger charge is -2.40. The van der Waals surface area contributed by atoms with E-state index in [0.29, 0.717) is 6.42 Å². The van der Waals surface area contributed by atoms with E-state index in [2.05, 4.69) is 29.2 Å². The molecular weight excluding hydrogens is 412 g/mol. The van der Waals surface area contributed by atoms with Crippen LogP contribution in [0.2, 0.25) is 0 Å². The molecule has 2 N–H and O–H groups in total. The zero-order valence-electron chi connectivity index (χ0n) is 19.4. The molecular formula is C28H32N2O3. The number of likely N-dealkylation sites (tertiary alicyclic amines) is 1. The molecule has 1 saturated heterocycles. The highest BCUT2D eigenvalue weighted by atomic mass is 16.5. The third kappa shape index (κ3) is 5.20. The summed E-state index contributed by atoms with van der Waals surface area (Å²) in [5.41, 5.74) is 10.1. The van der Waals surface area contributed by atoms with E-state index < -0.39 is 5.41 Å². The summed E-state index contributed by atoms with van der Waals surface area (Å²) in [7, 11) is 3.32. The number of carbonyl (C=O) groups excluding carboxylic acids is 1. The lowest BCUT2D eigenvalue weighted by atomic mass is 9.72. The maximum atomic E-state index is 12.7. The van der Waals surface area contributed by atoms with Crippen LogP contribution in [-0.2, 0) is 17.8 Å². The third-order valence-corrected chi connectivity index (χ3v) is 6.78. The highest BCUT2D eigenvalue weighted by Gasteiger charge is 2.40. The van der Waals surface area contributed by atoms with Crippen LogP contribution in [-0.4, -0.2) is 38.1 Å². The summed E-state index contributed by atoms with van der Waals surface area (Å²) >= 11 is 0. The van der Waals surface area contributed by atoms with Gasteiger partial charge in [-0.1, -0.05) is 54.6 Å². The van der Waals surface area contributed by atoms with Crippen molar-refractivity contribution in [3.63, 3.8) is 0 Å². The fraction of sp³-hybridized carbons (Fsp3) is 0.321. The summed E-state index contributed by atoms with van der Waals surface area (Å²) in [4.78, 5) is 15.1. The number of nitrogens with zero attached hydrogens (tertiary/aromatic N) is 1. The van der Waals surface area contributed by atoms with Crippen molar-refractivity contribution in [2.75, 3.05) is 27.3 Å². The van der Waals surface area contributed by atoms with Gasteiger partial charge >= 0.3 is 0 Å². The van der Waals surface area contributed by atoms with Crippen molar-refractivity contribution in [3.8, 4) is 22.6 Å². The molecule has 33 heavy (non-hydrogen) atoms. The van der Waals surface area contributed by atoms with Gasteiger partial charge in [-0.2, -0.15) is 0 Å². The van der Waals surface area contributed by atoms with Gasteiger partial charge in [0.1, 0.15) is 11.5 Å². The minimum atomic E-state index is -0.534. The van der Waals surface area contributed by atoms with Crippen LogP contribution >= 0.6 is 0 Å². The lowest BCUT2D eigenvalue weighted by molar-refractivity contribution is -0.130. The van der Waals surface area contributed by atoms with Gasteiger partial charge in [-0.05, 0) is 66.7 Å². The average molecular weight is 445 g/mol. The number of nitrogens with two attached hydrogens (primary N) is 1. The van der Waals surface area contributed by atoms with Crippen LogP contribution < -0.4 is 15.2 Å². The monoisotopic (exact) mass is 444 g/mol. The van der Waals surface area contributed by atoms with E-state index in [0.717, 1.165) is 55.1 Å². The van der Waals surface area contributed by atoms with Crippen molar-refractivity contribution in [2.24, 2.45) is 11.1 Å². The largest absolute Gasteiger partial charge is 0.497 e. The van der Waals surface area contributed by atoms with Crippen LogP contribution in [0.15, 0.2) is 72.8 Å². The fourth-order valence-electron chi connectivity index (χ4n) is 4.80. The molecule has 3 aromatic carbocycles. The zero-order chi connectivity index (χ0) is 23.3. The summed E-state index contributed by atoms with van der Waals surface area (Å²) in [6.07, 6.45) is 2.15. The average Bonchev–Trinajstić information content (AvgIpc) is 2.85. The molecule has 5 nitrogen and oxygen atoms in total. The molecule has 1 aliphatic rings. The SMILES string of the molecule is COc1cc(CN2CCC(Cc3ccccc3-c3ccccc3)(C(N)=O)CC2)cc(OC)c1. The Morgan fingerprint density at radius 3 is 2.12 bits per heavy atom. The van der Waals surface area contributed by atoms with E-state index in [1.165, 1.54) is 11.1 Å². The molecule has 5 heteroatoms. The van der Waals surface area contributed by atoms with E-state index in [4.69, 9.17) is 15.2 Å². The second-order valence-corrected chi connectivity index (χ2v) is 8.84. The number of hydrogen-bond donors (Lipinski definition) is 1. The number of primary amides is 1. The topological polar surface area (TPSA) is 64.8 Å². The van der Waals surface area contributed by atoms with E-state index >= 15 is 0 Å². The maximum absolute atomic E-state index is 12.7. The molecule has 0 spiro atoms. The molecule has 0 aromatic heterocycles. The Labute approximate surface area is 196 Å². The standard InChI is InChI=1S/C28H32N2O3/c1-32-24-16-21(17-25(18-24)33-2)20-30-14-12-28(13-15-30,27(29)31)19-23-10-6-7-11-26(23)22-8-4-3-5-9-22/h3-11,16-18H,12-15,19-20H2,1-2H3,(H2,29,31). The van der Waals surface area contributed by atoms with Gasteiger partial charge in [0.25, 0.3) is 0 Å². The second-order valence-electron chi connectivity index (χ2n) is 8.84. The van der Waals surface area contributed by atoms with Crippen molar-refractivity contribution in [1.29, 1.82) is 0 Å². The summed E-state index contributed by atoms with van der Waals surface area (Å²) in [6, 6.07) is 24.6. The van der Waals surface area contributed by atoms with Crippen LogP contribution in [0.1, 0.15) is 24.0 Å². The summed E-state index contributed by atoms with van der Waals surface area (Å²) < 4.78 is 10.8. The number of rotatable bonds is 8. The Hall–Kier alpha value is -3.31. The van der Waals surface area contributed by atoms with Crippen molar-refractivity contribution in [1.82, 2.24) is 4.90 Å². The van der Waals surface area contributed by atoms with Crippen LogP contribution in [0.5, 0.6) is 11.5 Å². The van der Waals surface area contributed by atoms with Crippen LogP contribution in [0.25, 0.3) is 11.1 Å². The first kappa shape index (κ1) is 22.9. The van der Waals surface area contributed by atoms with Gasteiger partial charge < -0.3 is 15.2 Å². The molecule has 0 atom stereocenters. The third-order valence-electron chi connectivity index (χ3n) is 6.78. The molecule has 1 amide bonds. The molecule has 172 valence electrons. The van der Waals surface area contributed by atoms with Gasteiger partial charge in [-0.15, -0.1) is 0 Å². The van der Waals surface area contributed by atoms with Crippen LogP contribution in [0, 0.1) is 5.41 Å². The van der Waals surface area contributed by atoms with E-state index in [1.807, 2.05) is 48.5 Å². The number of piperidine rings is 1. The van der Waals surface area contributed by atoms with Gasteiger partial charge in [-0.3, -0.25) is 9.69 Å². The van der Waals surface area contributed by atoms with E-state index in [-0.39, 0.29) is 5.91 Å².